The Hall–Kier alpha value is -3.74. The Morgan fingerprint density at radius 3 is 2.29 bits per heavy atom. The van der Waals surface area contributed by atoms with Crippen molar-refractivity contribution in [3.63, 3.8) is 0 Å². The topological polar surface area (TPSA) is 84.0 Å². The number of carbonyl (C=O) groups is 4. The van der Waals surface area contributed by atoms with Gasteiger partial charge >= 0.3 is 5.97 Å². The number of amides is 3. The zero-order chi connectivity index (χ0) is 24.9. The first-order valence-corrected chi connectivity index (χ1v) is 12.0. The maximum atomic E-state index is 13.0. The molecule has 5 rings (SSSR count). The third-order valence-electron chi connectivity index (χ3n) is 7.16. The van der Waals surface area contributed by atoms with E-state index in [1.54, 1.807) is 29.2 Å². The Kier molecular flexibility index (Phi) is 5.79. The molecule has 180 valence electrons. The van der Waals surface area contributed by atoms with Crippen LogP contribution >= 0.6 is 0 Å². The predicted octanol–water partition coefficient (Wildman–Crippen LogP) is 3.96. The lowest BCUT2D eigenvalue weighted by molar-refractivity contribution is -0.139. The summed E-state index contributed by atoms with van der Waals surface area (Å²) in [5.74, 6) is -1.84. The van der Waals surface area contributed by atoms with Crippen molar-refractivity contribution in [2.75, 3.05) is 16.3 Å². The largest absolute Gasteiger partial charge is 0.426 e. The Morgan fingerprint density at radius 1 is 0.943 bits per heavy atom. The highest BCUT2D eigenvalue weighted by atomic mass is 16.5. The number of nitrogens with zero attached hydrogens (tertiary/aromatic N) is 2. The highest BCUT2D eigenvalue weighted by molar-refractivity contribution is 6.22. The van der Waals surface area contributed by atoms with Gasteiger partial charge in [-0.3, -0.25) is 24.1 Å². The third kappa shape index (κ3) is 4.16. The van der Waals surface area contributed by atoms with Crippen LogP contribution in [0, 0.1) is 37.5 Å². The maximum absolute atomic E-state index is 13.0. The number of aryl methyl sites for hydroxylation is 2. The van der Waals surface area contributed by atoms with E-state index in [0.29, 0.717) is 17.9 Å². The zero-order valence-electron chi connectivity index (χ0n) is 20.1. The van der Waals surface area contributed by atoms with Crippen molar-refractivity contribution < 1.29 is 23.9 Å². The molecule has 3 aliphatic rings. The predicted molar refractivity (Wildman–Crippen MR) is 131 cm³/mol. The van der Waals surface area contributed by atoms with Crippen molar-refractivity contribution >= 4 is 35.1 Å². The number of allylic oxidation sites excluding steroid dienone is 2. The van der Waals surface area contributed by atoms with E-state index in [1.807, 2.05) is 51.1 Å². The van der Waals surface area contributed by atoms with Gasteiger partial charge in [0.15, 0.2) is 0 Å². The van der Waals surface area contributed by atoms with Crippen LogP contribution in [0.2, 0.25) is 0 Å². The molecule has 0 saturated carbocycles. The molecule has 0 N–H and O–H groups in total. The van der Waals surface area contributed by atoms with Crippen molar-refractivity contribution in [3.8, 4) is 5.75 Å². The molecule has 4 atom stereocenters. The highest BCUT2D eigenvalue weighted by Crippen LogP contribution is 2.40. The minimum absolute atomic E-state index is 0.0211. The summed E-state index contributed by atoms with van der Waals surface area (Å²) in [6.45, 7) is 6.17. The van der Waals surface area contributed by atoms with E-state index in [-0.39, 0.29) is 48.4 Å². The molecular formula is C28H28N2O5. The summed E-state index contributed by atoms with van der Waals surface area (Å²) in [6, 6.07) is 12.3. The normalized spacial score (nSPS) is 25.9. The first-order valence-electron chi connectivity index (χ1n) is 12.0. The molecule has 2 fully saturated rings. The summed E-state index contributed by atoms with van der Waals surface area (Å²) in [4.78, 5) is 54.1. The molecule has 0 unspecified atom stereocenters. The van der Waals surface area contributed by atoms with E-state index in [1.165, 1.54) is 4.90 Å². The van der Waals surface area contributed by atoms with Crippen LogP contribution in [0.3, 0.4) is 0 Å². The fourth-order valence-electron chi connectivity index (χ4n) is 5.49. The Bertz CT molecular complexity index is 1230. The summed E-state index contributed by atoms with van der Waals surface area (Å²) in [5.41, 5.74) is 3.37. The number of benzene rings is 2. The first kappa shape index (κ1) is 23.0. The Morgan fingerprint density at radius 2 is 1.63 bits per heavy atom. The molecule has 35 heavy (non-hydrogen) atoms. The standard InChI is InChI=1S/C28H28N2O5/c1-16-11-17(2)13-21(12-16)29-15-19(14-24(29)31)28(34)35-22-9-7-20(8-10-22)30-26(32)23-6-4-5-18(3)25(23)27(30)33/h4-5,7-13,18-19,23,25H,6,14-15H2,1-3H3/t18-,19-,23-,25-/m1/s1. The number of rotatable bonds is 4. The molecule has 7 heteroatoms. The van der Waals surface area contributed by atoms with Gasteiger partial charge in [-0.25, -0.2) is 0 Å². The molecule has 2 aromatic carbocycles. The fourth-order valence-corrected chi connectivity index (χ4v) is 5.49. The van der Waals surface area contributed by atoms with Gasteiger partial charge in [0.25, 0.3) is 0 Å². The second-order valence-corrected chi connectivity index (χ2v) is 9.83. The fraction of sp³-hybridized carbons (Fsp3) is 0.357. The van der Waals surface area contributed by atoms with Gasteiger partial charge in [0.2, 0.25) is 17.7 Å². The SMILES string of the molecule is Cc1cc(C)cc(N2C[C@H](C(=O)Oc3ccc(N4C(=O)[C@@H]5[C@H](C)C=CC[C@H]5C4=O)cc3)CC2=O)c1. The van der Waals surface area contributed by atoms with Crippen molar-refractivity contribution in [1.82, 2.24) is 0 Å². The van der Waals surface area contributed by atoms with Gasteiger partial charge in [0.1, 0.15) is 5.75 Å². The number of carbonyl (C=O) groups excluding carboxylic acids is 4. The second-order valence-electron chi connectivity index (χ2n) is 9.83. The van der Waals surface area contributed by atoms with E-state index in [4.69, 9.17) is 4.74 Å². The summed E-state index contributed by atoms with van der Waals surface area (Å²) in [6.07, 6.45) is 4.63. The number of hydrogen-bond acceptors (Lipinski definition) is 5. The minimum Gasteiger partial charge on any atom is -0.426 e. The van der Waals surface area contributed by atoms with Crippen molar-refractivity contribution in [2.24, 2.45) is 23.7 Å². The minimum atomic E-state index is -0.568. The number of imide groups is 1. The number of hydrogen-bond donors (Lipinski definition) is 0. The molecule has 0 spiro atoms. The molecule has 1 aliphatic carbocycles. The molecule has 2 saturated heterocycles. The first-order chi connectivity index (χ1) is 16.7. The maximum Gasteiger partial charge on any atom is 0.316 e. The zero-order valence-corrected chi connectivity index (χ0v) is 20.1. The lowest BCUT2D eigenvalue weighted by Crippen LogP contribution is -2.31. The van der Waals surface area contributed by atoms with Crippen LogP contribution < -0.4 is 14.5 Å². The molecule has 2 aliphatic heterocycles. The lowest BCUT2D eigenvalue weighted by atomic mass is 9.78. The van der Waals surface area contributed by atoms with E-state index in [0.717, 1.165) is 16.8 Å². The van der Waals surface area contributed by atoms with Gasteiger partial charge in [-0.1, -0.05) is 25.1 Å². The molecule has 0 radical (unpaired) electrons. The van der Waals surface area contributed by atoms with Crippen LogP contribution in [-0.4, -0.2) is 30.2 Å². The average molecular weight is 473 g/mol. The quantitative estimate of drug-likeness (QED) is 0.291. The Labute approximate surface area is 204 Å². The molecular weight excluding hydrogens is 444 g/mol. The van der Waals surface area contributed by atoms with Crippen LogP contribution in [-0.2, 0) is 19.2 Å². The van der Waals surface area contributed by atoms with Gasteiger partial charge in [-0.2, -0.15) is 0 Å². The van der Waals surface area contributed by atoms with Gasteiger partial charge < -0.3 is 9.64 Å². The number of ether oxygens (including phenoxy) is 1. The van der Waals surface area contributed by atoms with E-state index in [9.17, 15) is 19.2 Å². The molecule has 7 nitrogen and oxygen atoms in total. The highest BCUT2D eigenvalue weighted by Gasteiger charge is 2.50. The molecule has 2 aromatic rings. The van der Waals surface area contributed by atoms with Crippen LogP contribution in [0.25, 0.3) is 0 Å². The average Bonchev–Trinajstić information content (AvgIpc) is 3.32. The summed E-state index contributed by atoms with van der Waals surface area (Å²) in [7, 11) is 0. The third-order valence-corrected chi connectivity index (χ3v) is 7.16. The lowest BCUT2D eigenvalue weighted by Gasteiger charge is -2.22. The van der Waals surface area contributed by atoms with Crippen molar-refractivity contribution in [3.05, 3.63) is 65.7 Å². The van der Waals surface area contributed by atoms with Gasteiger partial charge in [-0.05, 0) is 73.7 Å². The van der Waals surface area contributed by atoms with E-state index in [2.05, 4.69) is 0 Å². The van der Waals surface area contributed by atoms with Gasteiger partial charge in [0, 0.05) is 18.7 Å². The second kappa shape index (κ2) is 8.80. The van der Waals surface area contributed by atoms with Crippen LogP contribution in [0.4, 0.5) is 11.4 Å². The van der Waals surface area contributed by atoms with Gasteiger partial charge in [-0.15, -0.1) is 0 Å². The van der Waals surface area contributed by atoms with Crippen LogP contribution in [0.5, 0.6) is 5.75 Å². The van der Waals surface area contributed by atoms with E-state index < -0.39 is 11.9 Å². The molecule has 2 heterocycles. The molecule has 0 aromatic heterocycles. The van der Waals surface area contributed by atoms with Gasteiger partial charge in [0.05, 0.1) is 23.4 Å². The Balaban J connectivity index is 1.25. The molecule has 0 bridgehead atoms. The van der Waals surface area contributed by atoms with E-state index >= 15 is 0 Å². The van der Waals surface area contributed by atoms with Crippen molar-refractivity contribution in [2.45, 2.75) is 33.6 Å². The van der Waals surface area contributed by atoms with Crippen LogP contribution in [0.1, 0.15) is 30.9 Å². The summed E-state index contributed by atoms with van der Waals surface area (Å²) < 4.78 is 5.55. The van der Waals surface area contributed by atoms with Crippen molar-refractivity contribution in [1.29, 1.82) is 0 Å². The number of anilines is 2. The summed E-state index contributed by atoms with van der Waals surface area (Å²) in [5, 5.41) is 0. The number of esters is 1. The monoisotopic (exact) mass is 472 g/mol. The smallest absolute Gasteiger partial charge is 0.316 e. The number of fused-ring (bicyclic) bond motifs is 1. The van der Waals surface area contributed by atoms with Crippen LogP contribution in [0.15, 0.2) is 54.6 Å². The molecule has 3 amide bonds. The summed E-state index contributed by atoms with van der Waals surface area (Å²) >= 11 is 0.